The van der Waals surface area contributed by atoms with E-state index in [1.165, 1.54) is 5.56 Å². The minimum absolute atomic E-state index is 0.141. The molecular formula is C21H32O3. The van der Waals surface area contributed by atoms with Gasteiger partial charge in [0.2, 0.25) is 0 Å². The summed E-state index contributed by atoms with van der Waals surface area (Å²) in [7, 11) is 0. The monoisotopic (exact) mass is 332 g/mol. The molecule has 1 rings (SSSR count). The molecule has 1 aromatic rings. The number of rotatable bonds is 9. The molecule has 0 saturated carbocycles. The first-order valence-corrected chi connectivity index (χ1v) is 8.75. The van der Waals surface area contributed by atoms with Gasteiger partial charge in [0.25, 0.3) is 0 Å². The summed E-state index contributed by atoms with van der Waals surface area (Å²) in [5.41, 5.74) is 1.87. The molecule has 2 atom stereocenters. The number of carbonyl (C=O) groups is 1. The Morgan fingerprint density at radius 1 is 1.29 bits per heavy atom. The summed E-state index contributed by atoms with van der Waals surface area (Å²) in [5.74, 6) is 0.860. The Kier molecular flexibility index (Phi) is 7.53. The van der Waals surface area contributed by atoms with Gasteiger partial charge in [-0.25, -0.2) is 4.79 Å². The zero-order valence-electron chi connectivity index (χ0n) is 16.0. The lowest BCUT2D eigenvalue weighted by molar-refractivity contribution is -0.144. The molecule has 0 bridgehead atoms. The zero-order chi connectivity index (χ0) is 18.3. The Bertz CT molecular complexity index is 560. The first-order valence-electron chi connectivity index (χ1n) is 8.75. The minimum atomic E-state index is -0.329. The van der Waals surface area contributed by atoms with Crippen molar-refractivity contribution in [3.8, 4) is 5.75 Å². The van der Waals surface area contributed by atoms with Crippen molar-refractivity contribution in [1.29, 1.82) is 0 Å². The van der Waals surface area contributed by atoms with Crippen LogP contribution in [-0.4, -0.2) is 18.7 Å². The predicted octanol–water partition coefficient (Wildman–Crippen LogP) is 5.29. The van der Waals surface area contributed by atoms with Crippen LogP contribution in [0.25, 0.3) is 0 Å². The maximum absolute atomic E-state index is 11.5. The van der Waals surface area contributed by atoms with Gasteiger partial charge in [-0.2, -0.15) is 0 Å². The lowest BCUT2D eigenvalue weighted by Crippen LogP contribution is -2.21. The van der Waals surface area contributed by atoms with E-state index in [1.807, 2.05) is 19.1 Å². The molecule has 1 aromatic carbocycles. The summed E-state index contributed by atoms with van der Waals surface area (Å²) < 4.78 is 11.3. The highest BCUT2D eigenvalue weighted by Crippen LogP contribution is 2.29. The Morgan fingerprint density at radius 2 is 1.96 bits per heavy atom. The van der Waals surface area contributed by atoms with Gasteiger partial charge in [0.1, 0.15) is 5.75 Å². The Balaban J connectivity index is 2.53. The summed E-state index contributed by atoms with van der Waals surface area (Å²) in [4.78, 5) is 11.5. The molecule has 0 fully saturated rings. The number of esters is 1. The molecule has 0 aliphatic rings. The normalized spacial score (nSPS) is 13.9. The maximum Gasteiger partial charge on any atom is 0.333 e. The van der Waals surface area contributed by atoms with Crippen LogP contribution in [-0.2, 0) is 14.9 Å². The van der Waals surface area contributed by atoms with Crippen LogP contribution < -0.4 is 4.74 Å². The molecule has 0 amide bonds. The first kappa shape index (κ1) is 20.3. The number of hydrogen-bond donors (Lipinski definition) is 0. The summed E-state index contributed by atoms with van der Waals surface area (Å²) in [6.07, 6.45) is 1.70. The molecule has 0 aliphatic carbocycles. The van der Waals surface area contributed by atoms with E-state index in [1.54, 1.807) is 6.92 Å². The van der Waals surface area contributed by atoms with Crippen LogP contribution in [0, 0.1) is 5.92 Å². The van der Waals surface area contributed by atoms with Crippen molar-refractivity contribution in [2.45, 2.75) is 65.9 Å². The highest BCUT2D eigenvalue weighted by Gasteiger charge is 2.19. The lowest BCUT2D eigenvalue weighted by atomic mass is 9.82. The van der Waals surface area contributed by atoms with Crippen molar-refractivity contribution in [1.82, 2.24) is 0 Å². The van der Waals surface area contributed by atoms with Gasteiger partial charge in [0, 0.05) is 5.57 Å². The van der Waals surface area contributed by atoms with Crippen LogP contribution >= 0.6 is 0 Å². The van der Waals surface area contributed by atoms with Crippen LogP contribution in [0.2, 0.25) is 0 Å². The molecule has 2 unspecified atom stereocenters. The van der Waals surface area contributed by atoms with Crippen LogP contribution in [0.5, 0.6) is 5.75 Å². The summed E-state index contributed by atoms with van der Waals surface area (Å²) >= 11 is 0. The van der Waals surface area contributed by atoms with E-state index in [0.29, 0.717) is 18.1 Å². The zero-order valence-corrected chi connectivity index (χ0v) is 16.0. The third-order valence-corrected chi connectivity index (χ3v) is 4.42. The molecule has 0 spiro atoms. The molecule has 0 saturated heterocycles. The van der Waals surface area contributed by atoms with Crippen molar-refractivity contribution in [2.24, 2.45) is 5.92 Å². The SMILES string of the molecule is C=C(C)C(=O)OC(C)CC(C)COc1cccc(C(C)(C)CC)c1. The van der Waals surface area contributed by atoms with Gasteiger partial charge in [-0.15, -0.1) is 0 Å². The van der Waals surface area contributed by atoms with E-state index in [9.17, 15) is 4.79 Å². The highest BCUT2D eigenvalue weighted by molar-refractivity contribution is 5.87. The van der Waals surface area contributed by atoms with Crippen LogP contribution in [0.1, 0.15) is 59.9 Å². The number of carbonyl (C=O) groups excluding carboxylic acids is 1. The molecule has 0 N–H and O–H groups in total. The molecule has 0 radical (unpaired) electrons. The molecule has 3 nitrogen and oxygen atoms in total. The van der Waals surface area contributed by atoms with E-state index in [4.69, 9.17) is 9.47 Å². The number of benzene rings is 1. The quantitative estimate of drug-likeness (QED) is 0.455. The summed E-state index contributed by atoms with van der Waals surface area (Å²) in [6.45, 7) is 16.5. The van der Waals surface area contributed by atoms with Gasteiger partial charge in [0.15, 0.2) is 0 Å². The second kappa shape index (κ2) is 8.91. The molecule has 134 valence electrons. The van der Waals surface area contributed by atoms with Crippen molar-refractivity contribution >= 4 is 5.97 Å². The Morgan fingerprint density at radius 3 is 2.54 bits per heavy atom. The minimum Gasteiger partial charge on any atom is -0.493 e. The molecule has 3 heteroatoms. The van der Waals surface area contributed by atoms with Gasteiger partial charge < -0.3 is 9.47 Å². The number of hydrogen-bond acceptors (Lipinski definition) is 3. The Hall–Kier alpha value is -1.77. The standard InChI is InChI=1S/C21H32O3/c1-8-21(6,7)18-10-9-11-19(13-18)23-14-16(4)12-17(5)24-20(22)15(2)3/h9-11,13,16-17H,2,8,12,14H2,1,3-7H3. The fraction of sp³-hybridized carbons (Fsp3) is 0.571. The van der Waals surface area contributed by atoms with Crippen molar-refractivity contribution in [2.75, 3.05) is 6.61 Å². The average molecular weight is 332 g/mol. The second-order valence-corrected chi connectivity index (χ2v) is 7.41. The maximum atomic E-state index is 11.5. The third-order valence-electron chi connectivity index (χ3n) is 4.42. The van der Waals surface area contributed by atoms with Crippen molar-refractivity contribution < 1.29 is 14.3 Å². The van der Waals surface area contributed by atoms with Gasteiger partial charge in [-0.1, -0.05) is 46.4 Å². The van der Waals surface area contributed by atoms with E-state index in [0.717, 1.165) is 18.6 Å². The van der Waals surface area contributed by atoms with Gasteiger partial charge in [-0.05, 0) is 55.7 Å². The molecule has 0 heterocycles. The topological polar surface area (TPSA) is 35.5 Å². The van der Waals surface area contributed by atoms with E-state index < -0.39 is 0 Å². The third kappa shape index (κ3) is 6.38. The van der Waals surface area contributed by atoms with Crippen LogP contribution in [0.15, 0.2) is 36.4 Å². The average Bonchev–Trinajstić information content (AvgIpc) is 2.52. The molecule has 0 aromatic heterocycles. The van der Waals surface area contributed by atoms with E-state index in [2.05, 4.69) is 46.4 Å². The van der Waals surface area contributed by atoms with Crippen LogP contribution in [0.4, 0.5) is 0 Å². The smallest absolute Gasteiger partial charge is 0.333 e. The van der Waals surface area contributed by atoms with E-state index >= 15 is 0 Å². The molecule has 0 aliphatic heterocycles. The van der Waals surface area contributed by atoms with Gasteiger partial charge >= 0.3 is 5.97 Å². The lowest BCUT2D eigenvalue weighted by Gasteiger charge is -2.24. The first-order chi connectivity index (χ1) is 11.2. The molecule has 24 heavy (non-hydrogen) atoms. The fourth-order valence-electron chi connectivity index (χ4n) is 2.42. The predicted molar refractivity (Wildman–Crippen MR) is 99.4 cm³/mol. The number of ether oxygens (including phenoxy) is 2. The van der Waals surface area contributed by atoms with Crippen LogP contribution in [0.3, 0.4) is 0 Å². The summed E-state index contributed by atoms with van der Waals surface area (Å²) in [5, 5.41) is 0. The summed E-state index contributed by atoms with van der Waals surface area (Å²) in [6, 6.07) is 8.32. The second-order valence-electron chi connectivity index (χ2n) is 7.41. The van der Waals surface area contributed by atoms with E-state index in [-0.39, 0.29) is 17.5 Å². The van der Waals surface area contributed by atoms with Crippen molar-refractivity contribution in [3.63, 3.8) is 0 Å². The van der Waals surface area contributed by atoms with Gasteiger partial charge in [0.05, 0.1) is 12.7 Å². The highest BCUT2D eigenvalue weighted by atomic mass is 16.5. The van der Waals surface area contributed by atoms with Gasteiger partial charge in [-0.3, -0.25) is 0 Å². The Labute approximate surface area is 147 Å². The molecular weight excluding hydrogens is 300 g/mol. The largest absolute Gasteiger partial charge is 0.493 e. The van der Waals surface area contributed by atoms with Crippen molar-refractivity contribution in [3.05, 3.63) is 42.0 Å². The fourth-order valence-corrected chi connectivity index (χ4v) is 2.42.